The van der Waals surface area contributed by atoms with Crippen LogP contribution >= 0.6 is 0 Å². The number of alkyl carbamates (subject to hydrolysis) is 1. The summed E-state index contributed by atoms with van der Waals surface area (Å²) in [6.07, 6.45) is -12.6. The molecule has 2 aliphatic heterocycles. The number of carbonyl (C=O) groups excluding carboxylic acids is 7. The van der Waals surface area contributed by atoms with Gasteiger partial charge in [-0.15, -0.1) is 0 Å². The zero-order valence-corrected chi connectivity index (χ0v) is 52.8. The largest absolute Gasteiger partial charge is 0.509 e. The summed E-state index contributed by atoms with van der Waals surface area (Å²) in [5, 5.41) is 2.89. The highest BCUT2D eigenvalue weighted by atomic mass is 28.4. The number of hydrogen-bond donors (Lipinski definition) is 1. The number of nitrogens with one attached hydrogen (secondary N) is 1. The number of ether oxygens (including phenoxy) is 9. The molecule has 4 fully saturated rings. The van der Waals surface area contributed by atoms with Crippen LogP contribution in [0.4, 0.5) is 14.4 Å². The number of fused-ring (bicyclic) bond motifs is 4. The molecule has 2 saturated carbocycles. The maximum absolute atomic E-state index is 16.9. The molecular formula is C59H89NO18Si2. The third-order valence-electron chi connectivity index (χ3n) is 18.1. The fourth-order valence-corrected chi connectivity index (χ4v) is 22.7. The van der Waals surface area contributed by atoms with E-state index in [9.17, 15) is 19.2 Å². The first-order valence-corrected chi connectivity index (χ1v) is 33.0. The summed E-state index contributed by atoms with van der Waals surface area (Å²) in [4.78, 5) is 104. The van der Waals surface area contributed by atoms with E-state index in [4.69, 9.17) is 51.5 Å². The molecule has 1 spiro atoms. The lowest BCUT2D eigenvalue weighted by atomic mass is 9.44. The topological polar surface area (TPSA) is 233 Å². The predicted octanol–water partition coefficient (Wildman–Crippen LogP) is 11.0. The number of carbonyl (C=O) groups is 7. The van der Waals surface area contributed by atoms with Crippen LogP contribution in [0.2, 0.25) is 34.8 Å². The second kappa shape index (κ2) is 23.6. The van der Waals surface area contributed by atoms with Gasteiger partial charge in [-0.2, -0.15) is 0 Å². The van der Waals surface area contributed by atoms with E-state index in [0.29, 0.717) is 23.7 Å². The summed E-state index contributed by atoms with van der Waals surface area (Å²) < 4.78 is 71.7. The Kier molecular flexibility index (Phi) is 18.9. The van der Waals surface area contributed by atoms with Crippen molar-refractivity contribution in [2.24, 2.45) is 16.7 Å². The number of esters is 3. The molecule has 0 radical (unpaired) electrons. The highest BCUT2D eigenvalue weighted by Gasteiger charge is 2.84. The van der Waals surface area contributed by atoms with E-state index in [0.717, 1.165) is 7.11 Å². The lowest BCUT2D eigenvalue weighted by molar-refractivity contribution is -0.344. The molecule has 2 heterocycles. The van der Waals surface area contributed by atoms with Crippen molar-refractivity contribution < 1.29 is 85.0 Å². The summed E-state index contributed by atoms with van der Waals surface area (Å²) in [7, 11) is -4.78. The molecule has 19 nitrogen and oxygen atoms in total. The van der Waals surface area contributed by atoms with Crippen LogP contribution in [0.3, 0.4) is 0 Å². The SMILES string of the molecule is CC[Si](CC)(CC)O[C@H]1C[C@H]2OC[C@@]2(OC(C)=O)C2[C@H](OC(=O)c3ccccc3)[C@]34OC(=O)O[C@H]3[C@H](OC(=O)[C@H](O[Si](C(C)C)(C(C)C)C(C)C)[C@H](C=C(C)C)NC(=O)OC(C)(C)C)C(C)=C([C@@H](OC(=O)OC)C(=O)[C@@]21C)C4(C)C. The molecule has 2 bridgehead atoms. The van der Waals surface area contributed by atoms with Gasteiger partial charge in [0, 0.05) is 18.8 Å². The lowest BCUT2D eigenvalue weighted by Gasteiger charge is -2.68. The van der Waals surface area contributed by atoms with E-state index in [1.165, 1.54) is 19.1 Å². The molecule has 1 unspecified atom stereocenters. The highest BCUT2D eigenvalue weighted by Crippen LogP contribution is 2.67. The van der Waals surface area contributed by atoms with Gasteiger partial charge in [-0.05, 0) is 107 Å². The second-order valence-corrected chi connectivity index (χ2v) is 35.4. The molecule has 21 heteroatoms. The third-order valence-corrected chi connectivity index (χ3v) is 28.8. The minimum atomic E-state index is -3.12. The number of amides is 1. The molecule has 2 saturated heterocycles. The van der Waals surface area contributed by atoms with Crippen LogP contribution in [0.15, 0.2) is 53.1 Å². The van der Waals surface area contributed by atoms with Crippen molar-refractivity contribution in [1.82, 2.24) is 5.32 Å². The lowest BCUT2D eigenvalue weighted by Crippen LogP contribution is -2.83. The van der Waals surface area contributed by atoms with Gasteiger partial charge in [0.1, 0.15) is 11.7 Å². The van der Waals surface area contributed by atoms with Crippen LogP contribution in [-0.4, -0.2) is 138 Å². The van der Waals surface area contributed by atoms with Crippen LogP contribution in [0.5, 0.6) is 0 Å². The fourth-order valence-electron chi connectivity index (χ4n) is 14.3. The Bertz CT molecular complexity index is 2550. The van der Waals surface area contributed by atoms with Crippen molar-refractivity contribution in [3.05, 3.63) is 58.7 Å². The first-order valence-electron chi connectivity index (χ1n) is 28.3. The van der Waals surface area contributed by atoms with Crippen molar-refractivity contribution >= 4 is 58.7 Å². The smallest absolute Gasteiger partial charge is 0.454 e. The van der Waals surface area contributed by atoms with Crippen LogP contribution in [0.25, 0.3) is 0 Å². The number of rotatable bonds is 19. The van der Waals surface area contributed by atoms with E-state index in [-0.39, 0.29) is 46.4 Å². The Balaban J connectivity index is 1.75. The zero-order valence-electron chi connectivity index (χ0n) is 50.8. The number of Topliss-reactive ketones (excluding diaryl/α,β-unsaturated/α-hetero) is 1. The van der Waals surface area contributed by atoms with Gasteiger partial charge in [0.2, 0.25) is 13.9 Å². The van der Waals surface area contributed by atoms with Crippen LogP contribution < -0.4 is 5.32 Å². The summed E-state index contributed by atoms with van der Waals surface area (Å²) in [6.45, 7) is 34.4. The van der Waals surface area contributed by atoms with Crippen molar-refractivity contribution in [2.75, 3.05) is 13.7 Å². The van der Waals surface area contributed by atoms with E-state index in [1.807, 2.05) is 62.3 Å². The van der Waals surface area contributed by atoms with Gasteiger partial charge >= 0.3 is 36.3 Å². The molecule has 3 aliphatic carbocycles. The molecule has 6 rings (SSSR count). The Morgan fingerprint density at radius 1 is 0.863 bits per heavy atom. The molecule has 1 aromatic rings. The van der Waals surface area contributed by atoms with E-state index < -0.39 is 141 Å². The quantitative estimate of drug-likeness (QED) is 0.0587. The van der Waals surface area contributed by atoms with Crippen molar-refractivity contribution in [1.29, 1.82) is 0 Å². The van der Waals surface area contributed by atoms with Gasteiger partial charge in [0.15, 0.2) is 50.2 Å². The summed E-state index contributed by atoms with van der Waals surface area (Å²) in [6, 6.07) is 8.77. The van der Waals surface area contributed by atoms with Gasteiger partial charge in [-0.25, -0.2) is 24.0 Å². The van der Waals surface area contributed by atoms with E-state index >= 15 is 14.4 Å². The standard InChI is InChI=1S/C59H89NO18Si2/c1-21-79(22-2,23-3)77-40-30-41-58(31-69-41,74-37(13)61)46-49(72-50(63)38-27-25-24-26-28-38)59-48(73-54(67)76-59)43(36(12)42(56(59,17)18)45(71-53(66)68-20)47(62)57(40,46)19)70-51(64)44(78-80(33(6)7,34(8)9)35(10)11)39(29-32(4)5)60-52(65)75-55(14,15)16/h24-29,33-35,39-41,43-46,48-49H,21-23,30-31H2,1-20H3,(H,60,65)/t39-,40-,41+,43+,44+,45+,46?,48-,49-,57+,58-,59+/m0/s1. The number of benzene rings is 1. The van der Waals surface area contributed by atoms with Crippen LogP contribution in [-0.2, 0) is 65.9 Å². The van der Waals surface area contributed by atoms with Gasteiger partial charge in [-0.1, -0.05) is 106 Å². The monoisotopic (exact) mass is 1160 g/mol. The Morgan fingerprint density at radius 3 is 1.94 bits per heavy atom. The number of methoxy groups -OCH3 is 1. The van der Waals surface area contributed by atoms with Gasteiger partial charge in [0.25, 0.3) is 0 Å². The molecule has 1 amide bonds. The molecule has 1 N–H and O–H groups in total. The molecule has 5 aliphatic rings. The van der Waals surface area contributed by atoms with E-state index in [1.54, 1.807) is 86.6 Å². The molecule has 12 atom stereocenters. The van der Waals surface area contributed by atoms with Crippen molar-refractivity contribution in [3.63, 3.8) is 0 Å². The third kappa shape index (κ3) is 11.1. The maximum Gasteiger partial charge on any atom is 0.509 e. The summed E-state index contributed by atoms with van der Waals surface area (Å²) in [5.74, 6) is -4.99. The molecule has 0 aromatic heterocycles. The maximum atomic E-state index is 16.9. The Labute approximate surface area is 474 Å². The van der Waals surface area contributed by atoms with Crippen molar-refractivity contribution in [2.45, 2.75) is 238 Å². The Hall–Kier alpha value is -5.10. The van der Waals surface area contributed by atoms with Gasteiger partial charge in [0.05, 0.1) is 42.8 Å². The van der Waals surface area contributed by atoms with Gasteiger partial charge in [-0.3, -0.25) is 9.59 Å². The number of hydrogen-bond acceptors (Lipinski definition) is 18. The molecule has 446 valence electrons. The zero-order chi connectivity index (χ0) is 60.0. The van der Waals surface area contributed by atoms with Crippen molar-refractivity contribution in [3.8, 4) is 0 Å². The number of allylic oxidation sites excluding steroid dienone is 1. The normalized spacial score (nSPS) is 29.7. The molecule has 80 heavy (non-hydrogen) atoms. The second-order valence-electron chi connectivity index (χ2n) is 25.2. The Morgan fingerprint density at radius 2 is 1.45 bits per heavy atom. The molecular weight excluding hydrogens is 1070 g/mol. The first kappa shape index (κ1) is 64.1. The summed E-state index contributed by atoms with van der Waals surface area (Å²) >= 11 is 0. The minimum absolute atomic E-state index is 0.0124. The number of ketones is 1. The van der Waals surface area contributed by atoms with E-state index in [2.05, 4.69) is 5.32 Å². The first-order chi connectivity index (χ1) is 37.1. The summed E-state index contributed by atoms with van der Waals surface area (Å²) in [5.41, 5.74) is -8.23. The highest BCUT2D eigenvalue weighted by molar-refractivity contribution is 6.77. The predicted molar refractivity (Wildman–Crippen MR) is 299 cm³/mol. The minimum Gasteiger partial charge on any atom is -0.454 e. The van der Waals surface area contributed by atoms with Crippen LogP contribution in [0, 0.1) is 16.7 Å². The molecule has 1 aromatic carbocycles. The fraction of sp³-hybridized carbons (Fsp3) is 0.712. The average molecular weight is 1160 g/mol. The van der Waals surface area contributed by atoms with Crippen LogP contribution in [0.1, 0.15) is 148 Å². The van der Waals surface area contributed by atoms with Gasteiger partial charge < -0.3 is 56.8 Å². The average Bonchev–Trinajstić information content (AvgIpc) is 3.73.